The SMILES string of the molecule is CC(C)C(C)NC(=O)c1cncc(C#CCN)c1. The van der Waals surface area contributed by atoms with Crippen LogP contribution in [0.2, 0.25) is 0 Å². The predicted molar refractivity (Wildman–Crippen MR) is 71.9 cm³/mol. The first-order valence-electron chi connectivity index (χ1n) is 5.99. The molecule has 0 bridgehead atoms. The Bertz CT molecular complexity index is 471. The molecule has 3 N–H and O–H groups in total. The minimum absolute atomic E-state index is 0.122. The Morgan fingerprint density at radius 1 is 1.44 bits per heavy atom. The molecule has 4 heteroatoms. The quantitative estimate of drug-likeness (QED) is 0.785. The van der Waals surface area contributed by atoms with Gasteiger partial charge in [-0.15, -0.1) is 0 Å². The van der Waals surface area contributed by atoms with Crippen LogP contribution in [0.3, 0.4) is 0 Å². The number of nitrogens with one attached hydrogen (secondary N) is 1. The van der Waals surface area contributed by atoms with Crippen molar-refractivity contribution in [2.75, 3.05) is 6.54 Å². The molecule has 0 aromatic carbocycles. The number of pyridine rings is 1. The summed E-state index contributed by atoms with van der Waals surface area (Å²) in [6, 6.07) is 1.84. The lowest BCUT2D eigenvalue weighted by Gasteiger charge is -2.17. The summed E-state index contributed by atoms with van der Waals surface area (Å²) in [7, 11) is 0. The zero-order valence-electron chi connectivity index (χ0n) is 11.0. The van der Waals surface area contributed by atoms with Gasteiger partial charge in [0.05, 0.1) is 12.1 Å². The van der Waals surface area contributed by atoms with Crippen molar-refractivity contribution in [2.45, 2.75) is 26.8 Å². The van der Waals surface area contributed by atoms with E-state index in [-0.39, 0.29) is 11.9 Å². The summed E-state index contributed by atoms with van der Waals surface area (Å²) in [5.41, 5.74) is 6.52. The standard InChI is InChI=1S/C14H19N3O/c1-10(2)11(3)17-14(18)13-7-12(5-4-6-15)8-16-9-13/h7-11H,6,15H2,1-3H3,(H,17,18). The van der Waals surface area contributed by atoms with E-state index in [1.807, 2.05) is 6.92 Å². The van der Waals surface area contributed by atoms with Crippen molar-refractivity contribution >= 4 is 5.91 Å². The summed E-state index contributed by atoms with van der Waals surface area (Å²) in [4.78, 5) is 16.0. The minimum Gasteiger partial charge on any atom is -0.349 e. The Labute approximate surface area is 108 Å². The van der Waals surface area contributed by atoms with Crippen LogP contribution in [-0.4, -0.2) is 23.5 Å². The van der Waals surface area contributed by atoms with E-state index in [1.54, 1.807) is 12.3 Å². The summed E-state index contributed by atoms with van der Waals surface area (Å²) in [6.45, 7) is 6.40. The molecule has 0 radical (unpaired) electrons. The molecule has 1 aromatic heterocycles. The molecular formula is C14H19N3O. The van der Waals surface area contributed by atoms with Gasteiger partial charge in [-0.3, -0.25) is 9.78 Å². The second-order valence-corrected chi connectivity index (χ2v) is 4.47. The number of amides is 1. The van der Waals surface area contributed by atoms with E-state index >= 15 is 0 Å². The number of aromatic nitrogens is 1. The molecule has 96 valence electrons. The average molecular weight is 245 g/mol. The number of carbonyl (C=O) groups excluding carboxylic acids is 1. The fraction of sp³-hybridized carbons (Fsp3) is 0.429. The first-order chi connectivity index (χ1) is 8.54. The molecule has 0 fully saturated rings. The van der Waals surface area contributed by atoms with E-state index in [9.17, 15) is 4.79 Å². The lowest BCUT2D eigenvalue weighted by atomic mass is 10.1. The van der Waals surface area contributed by atoms with Gasteiger partial charge < -0.3 is 11.1 Å². The van der Waals surface area contributed by atoms with Crippen LogP contribution < -0.4 is 11.1 Å². The van der Waals surface area contributed by atoms with Crippen LogP contribution in [0, 0.1) is 17.8 Å². The van der Waals surface area contributed by atoms with Crippen molar-refractivity contribution < 1.29 is 4.79 Å². The summed E-state index contributed by atoms with van der Waals surface area (Å²) in [5.74, 6) is 5.86. The van der Waals surface area contributed by atoms with E-state index in [2.05, 4.69) is 36.0 Å². The maximum absolute atomic E-state index is 12.0. The lowest BCUT2D eigenvalue weighted by Crippen LogP contribution is -2.36. The van der Waals surface area contributed by atoms with E-state index in [1.165, 1.54) is 6.20 Å². The van der Waals surface area contributed by atoms with Gasteiger partial charge in [0.1, 0.15) is 0 Å². The number of hydrogen-bond acceptors (Lipinski definition) is 3. The Balaban J connectivity index is 2.80. The molecule has 0 aliphatic rings. The van der Waals surface area contributed by atoms with Gasteiger partial charge in [-0.05, 0) is 18.9 Å². The van der Waals surface area contributed by atoms with Crippen LogP contribution in [0.4, 0.5) is 0 Å². The molecule has 0 saturated carbocycles. The van der Waals surface area contributed by atoms with Gasteiger partial charge in [0.25, 0.3) is 5.91 Å². The van der Waals surface area contributed by atoms with E-state index in [0.717, 1.165) is 0 Å². The van der Waals surface area contributed by atoms with Crippen LogP contribution in [0.25, 0.3) is 0 Å². The third-order valence-electron chi connectivity index (χ3n) is 2.69. The van der Waals surface area contributed by atoms with Crippen LogP contribution >= 0.6 is 0 Å². The fourth-order valence-corrected chi connectivity index (χ4v) is 1.24. The van der Waals surface area contributed by atoms with Gasteiger partial charge in [0.2, 0.25) is 0 Å². The molecule has 1 heterocycles. The number of rotatable bonds is 3. The third-order valence-corrected chi connectivity index (χ3v) is 2.69. The molecule has 1 unspecified atom stereocenters. The molecule has 1 atom stereocenters. The first kappa shape index (κ1) is 14.2. The topological polar surface area (TPSA) is 68.0 Å². The predicted octanol–water partition coefficient (Wildman–Crippen LogP) is 1.17. The van der Waals surface area contributed by atoms with E-state index < -0.39 is 0 Å². The van der Waals surface area contributed by atoms with Gasteiger partial charge in [-0.25, -0.2) is 0 Å². The van der Waals surface area contributed by atoms with Crippen molar-refractivity contribution in [3.05, 3.63) is 29.6 Å². The van der Waals surface area contributed by atoms with Crippen molar-refractivity contribution in [1.82, 2.24) is 10.3 Å². The van der Waals surface area contributed by atoms with Gasteiger partial charge >= 0.3 is 0 Å². The van der Waals surface area contributed by atoms with Crippen molar-refractivity contribution in [1.29, 1.82) is 0 Å². The Morgan fingerprint density at radius 2 is 2.17 bits per heavy atom. The highest BCUT2D eigenvalue weighted by atomic mass is 16.1. The summed E-state index contributed by atoms with van der Waals surface area (Å²) in [5, 5.41) is 2.93. The maximum Gasteiger partial charge on any atom is 0.253 e. The Morgan fingerprint density at radius 3 is 2.78 bits per heavy atom. The summed E-state index contributed by atoms with van der Waals surface area (Å²) < 4.78 is 0. The molecule has 1 amide bonds. The fourth-order valence-electron chi connectivity index (χ4n) is 1.24. The van der Waals surface area contributed by atoms with E-state index in [4.69, 9.17) is 5.73 Å². The molecule has 0 spiro atoms. The second-order valence-electron chi connectivity index (χ2n) is 4.47. The van der Waals surface area contributed by atoms with Crippen molar-refractivity contribution in [3.8, 4) is 11.8 Å². The zero-order chi connectivity index (χ0) is 13.5. The number of nitrogens with zero attached hydrogens (tertiary/aromatic N) is 1. The lowest BCUT2D eigenvalue weighted by molar-refractivity contribution is 0.0930. The molecular weight excluding hydrogens is 226 g/mol. The molecule has 0 aliphatic carbocycles. The van der Waals surface area contributed by atoms with Gasteiger partial charge in [-0.1, -0.05) is 25.7 Å². The highest BCUT2D eigenvalue weighted by Crippen LogP contribution is 2.05. The average Bonchev–Trinajstić information content (AvgIpc) is 2.36. The summed E-state index contributed by atoms with van der Waals surface area (Å²) >= 11 is 0. The largest absolute Gasteiger partial charge is 0.349 e. The first-order valence-corrected chi connectivity index (χ1v) is 5.99. The second kappa shape index (κ2) is 6.77. The Hall–Kier alpha value is -1.86. The number of nitrogens with two attached hydrogens (primary N) is 1. The summed E-state index contributed by atoms with van der Waals surface area (Å²) in [6.07, 6.45) is 3.15. The molecule has 4 nitrogen and oxygen atoms in total. The monoisotopic (exact) mass is 245 g/mol. The molecule has 0 saturated heterocycles. The van der Waals surface area contributed by atoms with Gasteiger partial charge in [0, 0.05) is 24.0 Å². The van der Waals surface area contributed by atoms with Gasteiger partial charge in [0.15, 0.2) is 0 Å². The maximum atomic E-state index is 12.0. The number of hydrogen-bond donors (Lipinski definition) is 2. The smallest absolute Gasteiger partial charge is 0.253 e. The normalized spacial score (nSPS) is 11.6. The van der Waals surface area contributed by atoms with Crippen LogP contribution in [0.1, 0.15) is 36.7 Å². The molecule has 1 aromatic rings. The highest BCUT2D eigenvalue weighted by Gasteiger charge is 2.12. The van der Waals surface area contributed by atoms with Crippen LogP contribution in [0.5, 0.6) is 0 Å². The molecule has 0 aliphatic heterocycles. The van der Waals surface area contributed by atoms with Gasteiger partial charge in [-0.2, -0.15) is 0 Å². The van der Waals surface area contributed by atoms with Crippen molar-refractivity contribution in [2.24, 2.45) is 11.7 Å². The highest BCUT2D eigenvalue weighted by molar-refractivity contribution is 5.94. The third kappa shape index (κ3) is 4.19. The number of carbonyl (C=O) groups is 1. The Kier molecular flexibility index (Phi) is 5.34. The zero-order valence-corrected chi connectivity index (χ0v) is 11.0. The van der Waals surface area contributed by atoms with Crippen LogP contribution in [-0.2, 0) is 0 Å². The van der Waals surface area contributed by atoms with Crippen LogP contribution in [0.15, 0.2) is 18.5 Å². The van der Waals surface area contributed by atoms with E-state index in [0.29, 0.717) is 23.6 Å². The minimum atomic E-state index is -0.125. The molecule has 18 heavy (non-hydrogen) atoms. The molecule has 1 rings (SSSR count). The van der Waals surface area contributed by atoms with Crippen molar-refractivity contribution in [3.63, 3.8) is 0 Å².